The fraction of sp³-hybridized carbons (Fsp3) is 0.227. The van der Waals surface area contributed by atoms with Gasteiger partial charge in [-0.15, -0.1) is 5.10 Å². The van der Waals surface area contributed by atoms with Gasteiger partial charge in [0, 0.05) is 18.2 Å². The van der Waals surface area contributed by atoms with Crippen LogP contribution in [0, 0.1) is 0 Å². The highest BCUT2D eigenvalue weighted by Crippen LogP contribution is 2.34. The van der Waals surface area contributed by atoms with Crippen molar-refractivity contribution in [1.82, 2.24) is 24.5 Å². The molecule has 0 atom stereocenters. The van der Waals surface area contributed by atoms with Crippen molar-refractivity contribution in [3.05, 3.63) is 72.4 Å². The van der Waals surface area contributed by atoms with Crippen LogP contribution in [-0.2, 0) is 23.1 Å². The van der Waals surface area contributed by atoms with Gasteiger partial charge in [0.1, 0.15) is 23.5 Å². The molecular weight excluding hydrogens is 462 g/mol. The van der Waals surface area contributed by atoms with E-state index >= 15 is 0 Å². The van der Waals surface area contributed by atoms with Crippen molar-refractivity contribution in [1.29, 1.82) is 0 Å². The summed E-state index contributed by atoms with van der Waals surface area (Å²) in [7, 11) is 0.478. The summed E-state index contributed by atoms with van der Waals surface area (Å²) in [5.41, 5.74) is 1.13. The molecule has 0 spiro atoms. The molecule has 0 saturated carbocycles. The minimum absolute atomic E-state index is 0.00671. The topological polar surface area (TPSA) is 122 Å². The fourth-order valence-electron chi connectivity index (χ4n) is 3.50. The highest BCUT2D eigenvalue weighted by atomic mass is 32.2. The third-order valence-corrected chi connectivity index (χ3v) is 6.92. The van der Waals surface area contributed by atoms with E-state index in [1.807, 2.05) is 0 Å². The Balaban J connectivity index is 1.76. The molecule has 0 fully saturated rings. The minimum Gasteiger partial charge on any atom is -0.494 e. The second-order valence-corrected chi connectivity index (χ2v) is 9.03. The van der Waals surface area contributed by atoms with Gasteiger partial charge in [-0.25, -0.2) is 8.42 Å². The number of furan rings is 1. The number of rotatable bonds is 10. The average Bonchev–Trinajstić information content (AvgIpc) is 3.57. The Labute approximate surface area is 196 Å². The van der Waals surface area contributed by atoms with E-state index in [-0.39, 0.29) is 18.0 Å². The van der Waals surface area contributed by atoms with Crippen LogP contribution in [-0.4, -0.2) is 54.3 Å². The van der Waals surface area contributed by atoms with Crippen LogP contribution in [0.2, 0.25) is 0 Å². The number of nitrogens with zero attached hydrogens (tertiary/aromatic N) is 5. The molecule has 0 saturated heterocycles. The number of ether oxygens (including phenoxy) is 3. The van der Waals surface area contributed by atoms with E-state index in [0.29, 0.717) is 34.3 Å². The van der Waals surface area contributed by atoms with Gasteiger partial charge >= 0.3 is 0 Å². The van der Waals surface area contributed by atoms with E-state index in [1.54, 1.807) is 36.4 Å². The number of sulfonamides is 1. The van der Waals surface area contributed by atoms with Gasteiger partial charge in [0.05, 0.1) is 39.0 Å². The Hall–Kier alpha value is -3.90. The lowest BCUT2D eigenvalue weighted by atomic mass is 10.2. The molecule has 11 nitrogen and oxygen atoms in total. The number of hydrogen-bond acceptors (Lipinski definition) is 9. The predicted octanol–water partition coefficient (Wildman–Crippen LogP) is 2.67. The molecule has 0 unspecified atom stereocenters. The summed E-state index contributed by atoms with van der Waals surface area (Å²) in [6.45, 7) is 0.0211. The van der Waals surface area contributed by atoms with Crippen LogP contribution < -0.4 is 14.2 Å². The largest absolute Gasteiger partial charge is 0.494 e. The SMILES string of the molecule is COc1cc(S(=O)(=O)N(Cc2ccco2)Cc2cccc(OC)c2OC)ccc1-n1cnnn1. The molecule has 0 N–H and O–H groups in total. The number of hydrogen-bond donors (Lipinski definition) is 0. The standard InChI is InChI=1S/C22H23N5O6S/c1-30-20-8-4-6-16(22(20)32-3)13-26(14-17-7-5-11-33-17)34(28,29)18-9-10-19(21(12-18)31-2)27-15-23-24-25-27/h4-12,15H,13-14H2,1-3H3. The lowest BCUT2D eigenvalue weighted by molar-refractivity contribution is 0.332. The zero-order valence-electron chi connectivity index (χ0n) is 18.8. The first-order chi connectivity index (χ1) is 16.5. The highest BCUT2D eigenvalue weighted by Gasteiger charge is 2.28. The lowest BCUT2D eigenvalue weighted by Gasteiger charge is -2.23. The van der Waals surface area contributed by atoms with Crippen LogP contribution in [0.25, 0.3) is 5.69 Å². The molecule has 0 amide bonds. The molecule has 0 radical (unpaired) electrons. The van der Waals surface area contributed by atoms with Gasteiger partial charge in [0.25, 0.3) is 0 Å². The van der Waals surface area contributed by atoms with E-state index in [0.717, 1.165) is 0 Å². The minimum atomic E-state index is -4.00. The number of benzene rings is 2. The van der Waals surface area contributed by atoms with Crippen molar-refractivity contribution in [2.45, 2.75) is 18.0 Å². The van der Waals surface area contributed by atoms with E-state index in [2.05, 4.69) is 15.5 Å². The number of aromatic nitrogens is 4. The van der Waals surface area contributed by atoms with Crippen LogP contribution in [0.5, 0.6) is 17.2 Å². The second-order valence-electron chi connectivity index (χ2n) is 7.09. The summed E-state index contributed by atoms with van der Waals surface area (Å²) >= 11 is 0. The highest BCUT2D eigenvalue weighted by molar-refractivity contribution is 7.89. The Morgan fingerprint density at radius 2 is 1.79 bits per heavy atom. The zero-order chi connectivity index (χ0) is 24.1. The summed E-state index contributed by atoms with van der Waals surface area (Å²) in [5, 5.41) is 11.1. The maximum Gasteiger partial charge on any atom is 0.243 e. The van der Waals surface area contributed by atoms with E-state index < -0.39 is 10.0 Å². The van der Waals surface area contributed by atoms with Crippen LogP contribution in [0.3, 0.4) is 0 Å². The molecule has 2 heterocycles. The van der Waals surface area contributed by atoms with Crippen LogP contribution >= 0.6 is 0 Å². The summed E-state index contributed by atoms with van der Waals surface area (Å²) in [4.78, 5) is 0.0367. The second kappa shape index (κ2) is 9.93. The predicted molar refractivity (Wildman–Crippen MR) is 120 cm³/mol. The molecule has 0 aliphatic rings. The van der Waals surface area contributed by atoms with Crippen molar-refractivity contribution < 1.29 is 27.0 Å². The van der Waals surface area contributed by atoms with E-state index in [1.165, 1.54) is 55.0 Å². The van der Waals surface area contributed by atoms with Crippen molar-refractivity contribution in [2.75, 3.05) is 21.3 Å². The monoisotopic (exact) mass is 485 g/mol. The summed E-state index contributed by atoms with van der Waals surface area (Å²) in [6.07, 6.45) is 2.89. The number of tetrazole rings is 1. The van der Waals surface area contributed by atoms with Crippen LogP contribution in [0.1, 0.15) is 11.3 Å². The molecule has 2 aromatic heterocycles. The molecule has 34 heavy (non-hydrogen) atoms. The first-order valence-corrected chi connectivity index (χ1v) is 11.6. The molecule has 178 valence electrons. The molecule has 0 bridgehead atoms. The Bertz CT molecular complexity index is 1340. The third kappa shape index (κ3) is 4.58. The van der Waals surface area contributed by atoms with Gasteiger partial charge in [0.2, 0.25) is 10.0 Å². The van der Waals surface area contributed by atoms with Gasteiger partial charge in [-0.3, -0.25) is 0 Å². The molecular formula is C22H23N5O6S. The lowest BCUT2D eigenvalue weighted by Crippen LogP contribution is -2.30. The molecule has 2 aromatic carbocycles. The van der Waals surface area contributed by atoms with Crippen LogP contribution in [0.4, 0.5) is 0 Å². The van der Waals surface area contributed by atoms with E-state index in [4.69, 9.17) is 18.6 Å². The number of para-hydroxylation sites is 1. The Morgan fingerprint density at radius 1 is 0.971 bits per heavy atom. The Morgan fingerprint density at radius 3 is 2.44 bits per heavy atom. The van der Waals surface area contributed by atoms with Crippen LogP contribution in [0.15, 0.2) is 70.4 Å². The summed E-state index contributed by atoms with van der Waals surface area (Å²) in [5.74, 6) is 1.74. The van der Waals surface area contributed by atoms with Gasteiger partial charge in [-0.1, -0.05) is 12.1 Å². The normalized spacial score (nSPS) is 11.5. The molecule has 12 heteroatoms. The van der Waals surface area contributed by atoms with Gasteiger partial charge in [-0.05, 0) is 40.8 Å². The van der Waals surface area contributed by atoms with Crippen molar-refractivity contribution >= 4 is 10.0 Å². The van der Waals surface area contributed by atoms with Crippen molar-refractivity contribution in [3.8, 4) is 22.9 Å². The van der Waals surface area contributed by atoms with Gasteiger partial charge < -0.3 is 18.6 Å². The molecule has 4 rings (SSSR count). The van der Waals surface area contributed by atoms with Crippen molar-refractivity contribution in [2.24, 2.45) is 0 Å². The molecule has 0 aliphatic heterocycles. The maximum absolute atomic E-state index is 13.8. The zero-order valence-corrected chi connectivity index (χ0v) is 19.6. The summed E-state index contributed by atoms with van der Waals surface area (Å²) < 4.78 is 52.0. The summed E-state index contributed by atoms with van der Waals surface area (Å²) in [6, 6.07) is 13.2. The average molecular weight is 486 g/mol. The first kappa shape index (κ1) is 23.3. The molecule has 0 aliphatic carbocycles. The van der Waals surface area contributed by atoms with Gasteiger partial charge in [-0.2, -0.15) is 8.99 Å². The quantitative estimate of drug-likeness (QED) is 0.334. The molecule has 4 aromatic rings. The van der Waals surface area contributed by atoms with Gasteiger partial charge in [0.15, 0.2) is 11.5 Å². The van der Waals surface area contributed by atoms with Crippen molar-refractivity contribution in [3.63, 3.8) is 0 Å². The Kier molecular flexibility index (Phi) is 6.80. The fourth-order valence-corrected chi connectivity index (χ4v) is 4.90. The maximum atomic E-state index is 13.8. The third-order valence-electron chi connectivity index (χ3n) is 5.13. The number of methoxy groups -OCH3 is 3. The van der Waals surface area contributed by atoms with E-state index in [9.17, 15) is 8.42 Å². The smallest absolute Gasteiger partial charge is 0.243 e. The first-order valence-electron chi connectivity index (χ1n) is 10.1.